The molecule has 162 valence electrons. The van der Waals surface area contributed by atoms with Crippen LogP contribution in [0.1, 0.15) is 32.8 Å². The SMILES string of the molecule is C=CC/C(=C\C=C(/C)C(C)(C)c1ccc(OCC(O)CF)cc1)OCC(O)CO. The van der Waals surface area contributed by atoms with Gasteiger partial charge in [0.25, 0.3) is 0 Å². The highest BCUT2D eigenvalue weighted by molar-refractivity contribution is 5.38. The van der Waals surface area contributed by atoms with Crippen LogP contribution in [0.3, 0.4) is 0 Å². The van der Waals surface area contributed by atoms with Crippen molar-refractivity contribution >= 4 is 0 Å². The van der Waals surface area contributed by atoms with Crippen molar-refractivity contribution in [3.8, 4) is 5.75 Å². The molecule has 0 aliphatic carbocycles. The Kier molecular flexibility index (Phi) is 10.7. The second-order valence-electron chi connectivity index (χ2n) is 7.39. The van der Waals surface area contributed by atoms with Crippen LogP contribution < -0.4 is 4.74 Å². The van der Waals surface area contributed by atoms with Crippen molar-refractivity contribution in [3.63, 3.8) is 0 Å². The van der Waals surface area contributed by atoms with Gasteiger partial charge in [0.2, 0.25) is 0 Å². The molecule has 1 aromatic rings. The summed E-state index contributed by atoms with van der Waals surface area (Å²) in [6.45, 7) is 8.67. The summed E-state index contributed by atoms with van der Waals surface area (Å²) in [6.07, 6.45) is 4.00. The van der Waals surface area contributed by atoms with Crippen LogP contribution in [0.25, 0.3) is 0 Å². The maximum Gasteiger partial charge on any atom is 0.119 e. The molecule has 0 fully saturated rings. The van der Waals surface area contributed by atoms with Crippen LogP contribution in [0.2, 0.25) is 0 Å². The molecule has 0 spiro atoms. The van der Waals surface area contributed by atoms with E-state index in [0.717, 1.165) is 11.1 Å². The molecule has 1 rings (SSSR count). The zero-order valence-corrected chi connectivity index (χ0v) is 17.5. The fourth-order valence-corrected chi connectivity index (χ4v) is 2.43. The summed E-state index contributed by atoms with van der Waals surface area (Å²) in [5.74, 6) is 1.22. The van der Waals surface area contributed by atoms with E-state index in [9.17, 15) is 14.6 Å². The van der Waals surface area contributed by atoms with Crippen molar-refractivity contribution in [2.75, 3.05) is 26.5 Å². The molecule has 6 heteroatoms. The maximum atomic E-state index is 12.3. The van der Waals surface area contributed by atoms with Crippen LogP contribution >= 0.6 is 0 Å². The number of alkyl halides is 1. The van der Waals surface area contributed by atoms with Gasteiger partial charge >= 0.3 is 0 Å². The topological polar surface area (TPSA) is 79.2 Å². The van der Waals surface area contributed by atoms with Gasteiger partial charge in [-0.3, -0.25) is 0 Å². The van der Waals surface area contributed by atoms with Crippen molar-refractivity contribution in [1.82, 2.24) is 0 Å². The van der Waals surface area contributed by atoms with Gasteiger partial charge < -0.3 is 24.8 Å². The van der Waals surface area contributed by atoms with Crippen LogP contribution in [-0.2, 0) is 10.2 Å². The lowest BCUT2D eigenvalue weighted by molar-refractivity contribution is 0.0293. The number of hydrogen-bond donors (Lipinski definition) is 3. The van der Waals surface area contributed by atoms with Gasteiger partial charge in [0, 0.05) is 11.8 Å². The van der Waals surface area contributed by atoms with Crippen molar-refractivity contribution < 1.29 is 29.2 Å². The first-order chi connectivity index (χ1) is 13.7. The molecule has 29 heavy (non-hydrogen) atoms. The first kappa shape index (κ1) is 24.9. The van der Waals surface area contributed by atoms with Crippen LogP contribution in [0.5, 0.6) is 5.75 Å². The lowest BCUT2D eigenvalue weighted by Gasteiger charge is -2.27. The summed E-state index contributed by atoms with van der Waals surface area (Å²) < 4.78 is 23.2. The minimum absolute atomic E-state index is 0.0189. The fraction of sp³-hybridized carbons (Fsp3) is 0.478. The zero-order chi connectivity index (χ0) is 21.9. The Bertz CT molecular complexity index is 679. The summed E-state index contributed by atoms with van der Waals surface area (Å²) in [7, 11) is 0. The lowest BCUT2D eigenvalue weighted by Crippen LogP contribution is -2.20. The van der Waals surface area contributed by atoms with Crippen molar-refractivity contribution in [1.29, 1.82) is 0 Å². The summed E-state index contributed by atoms with van der Waals surface area (Å²) >= 11 is 0. The molecule has 0 radical (unpaired) electrons. The quantitative estimate of drug-likeness (QED) is 0.265. The third-order valence-electron chi connectivity index (χ3n) is 4.72. The molecule has 1 aromatic carbocycles. The molecular weight excluding hydrogens is 375 g/mol. The second kappa shape index (κ2) is 12.4. The van der Waals surface area contributed by atoms with Gasteiger partial charge in [-0.25, -0.2) is 4.39 Å². The van der Waals surface area contributed by atoms with Crippen LogP contribution in [0.15, 0.2) is 60.4 Å². The Labute approximate surface area is 172 Å². The fourth-order valence-electron chi connectivity index (χ4n) is 2.43. The second-order valence-corrected chi connectivity index (χ2v) is 7.39. The van der Waals surface area contributed by atoms with Gasteiger partial charge in [0.15, 0.2) is 0 Å². The summed E-state index contributed by atoms with van der Waals surface area (Å²) in [5.41, 5.74) is 1.89. The maximum absolute atomic E-state index is 12.3. The molecule has 2 unspecified atom stereocenters. The van der Waals surface area contributed by atoms with Crippen LogP contribution in [0.4, 0.5) is 4.39 Å². The lowest BCUT2D eigenvalue weighted by atomic mass is 9.78. The number of rotatable bonds is 13. The van der Waals surface area contributed by atoms with E-state index in [0.29, 0.717) is 17.9 Å². The van der Waals surface area contributed by atoms with E-state index in [1.54, 1.807) is 18.2 Å². The van der Waals surface area contributed by atoms with Gasteiger partial charge in [0.1, 0.15) is 37.8 Å². The first-order valence-corrected chi connectivity index (χ1v) is 9.62. The normalized spacial score (nSPS) is 15.0. The molecule has 0 bridgehead atoms. The smallest absolute Gasteiger partial charge is 0.119 e. The molecule has 0 aliphatic heterocycles. The number of allylic oxidation sites excluding steroid dienone is 4. The number of aliphatic hydroxyl groups is 3. The largest absolute Gasteiger partial charge is 0.495 e. The molecule has 3 N–H and O–H groups in total. The molecule has 0 saturated carbocycles. The van der Waals surface area contributed by atoms with E-state index >= 15 is 0 Å². The summed E-state index contributed by atoms with van der Waals surface area (Å²) in [6, 6.07) is 7.48. The molecule has 0 aliphatic rings. The van der Waals surface area contributed by atoms with E-state index in [1.165, 1.54) is 0 Å². The monoisotopic (exact) mass is 408 g/mol. The Morgan fingerprint density at radius 3 is 2.34 bits per heavy atom. The Balaban J connectivity index is 2.88. The van der Waals surface area contributed by atoms with Crippen LogP contribution in [0, 0.1) is 0 Å². The van der Waals surface area contributed by atoms with Gasteiger partial charge in [-0.05, 0) is 30.7 Å². The first-order valence-electron chi connectivity index (χ1n) is 9.62. The molecule has 0 aromatic heterocycles. The predicted molar refractivity (Wildman–Crippen MR) is 113 cm³/mol. The number of aliphatic hydroxyl groups excluding tert-OH is 3. The van der Waals surface area contributed by atoms with E-state index in [1.807, 2.05) is 31.2 Å². The standard InChI is InChI=1S/C23H33FO5/c1-5-6-21(29-16-20(27)14-25)10-7-17(2)23(3,4)18-8-11-22(12-9-18)28-15-19(26)13-24/h5,7-12,19-20,25-27H,1,6,13-16H2,2-4H3/b17-7+,21-10+. The molecule has 0 saturated heterocycles. The van der Waals surface area contributed by atoms with Gasteiger partial charge in [-0.1, -0.05) is 43.7 Å². The Hall–Kier alpha value is -2.15. The van der Waals surface area contributed by atoms with Gasteiger partial charge in [-0.2, -0.15) is 0 Å². The highest BCUT2D eigenvalue weighted by Gasteiger charge is 2.22. The van der Waals surface area contributed by atoms with Gasteiger partial charge in [0.05, 0.1) is 12.4 Å². The van der Waals surface area contributed by atoms with Crippen molar-refractivity contribution in [2.45, 2.75) is 44.8 Å². The zero-order valence-electron chi connectivity index (χ0n) is 17.5. The number of hydrogen-bond acceptors (Lipinski definition) is 5. The van der Waals surface area contributed by atoms with Crippen molar-refractivity contribution in [3.05, 3.63) is 66.0 Å². The molecule has 2 atom stereocenters. The minimum Gasteiger partial charge on any atom is -0.495 e. The molecule has 0 heterocycles. The van der Waals surface area contributed by atoms with E-state index in [-0.39, 0.29) is 25.2 Å². The Morgan fingerprint density at radius 2 is 1.79 bits per heavy atom. The average molecular weight is 409 g/mol. The van der Waals surface area contributed by atoms with Gasteiger partial charge in [-0.15, -0.1) is 6.58 Å². The molecular formula is C23H33FO5. The molecule has 5 nitrogen and oxygen atoms in total. The highest BCUT2D eigenvalue weighted by atomic mass is 19.1. The summed E-state index contributed by atoms with van der Waals surface area (Å²) in [4.78, 5) is 0. The average Bonchev–Trinajstić information content (AvgIpc) is 2.73. The highest BCUT2D eigenvalue weighted by Crippen LogP contribution is 2.32. The number of halogens is 1. The van der Waals surface area contributed by atoms with E-state index in [2.05, 4.69) is 20.4 Å². The predicted octanol–water partition coefficient (Wildman–Crippen LogP) is 3.45. The third-order valence-corrected chi connectivity index (χ3v) is 4.72. The minimum atomic E-state index is -1.12. The van der Waals surface area contributed by atoms with E-state index in [4.69, 9.17) is 14.6 Å². The number of benzene rings is 1. The van der Waals surface area contributed by atoms with Crippen LogP contribution in [-0.4, -0.2) is 54.0 Å². The van der Waals surface area contributed by atoms with Crippen molar-refractivity contribution in [2.24, 2.45) is 0 Å². The molecule has 0 amide bonds. The third kappa shape index (κ3) is 8.40. The van der Waals surface area contributed by atoms with E-state index < -0.39 is 18.9 Å². The summed E-state index contributed by atoms with van der Waals surface area (Å²) in [5, 5.41) is 27.6. The number of ether oxygens (including phenoxy) is 2. The Morgan fingerprint density at radius 1 is 1.14 bits per heavy atom.